The van der Waals surface area contributed by atoms with Crippen LogP contribution in [0.4, 0.5) is 0 Å². The van der Waals surface area contributed by atoms with E-state index in [1.54, 1.807) is 6.20 Å². The van der Waals surface area contributed by atoms with Crippen LogP contribution in [0.2, 0.25) is 0 Å². The standard InChI is InChI=1S/C36H43N7O.C5H11NO.2CH4O/c1-38-19-30(39-21-32-26-11-14-29(17-26)43(32)35(44)36(37)15-16-36)24-7-3-22(4-8-24)23-5-9-25(10-6-23)31-20-40-34(41-31)33-27-12-13-28(18-27)42(33)2;1-4(2)5(6)3-7;2*1-2/h3-10,19-20,26-29,32-33,39H,1,11-18,21,37H2,2H3,(H,40,41);3-5H,6H2,1-2H3;2*2H,1H3/b30-19-;;;. The van der Waals surface area contributed by atoms with E-state index in [0.29, 0.717) is 30.6 Å². The molecule has 4 bridgehead atoms. The molecule has 0 radical (unpaired) electrons. The smallest absolute Gasteiger partial charge is 0.243 e. The highest BCUT2D eigenvalue weighted by Gasteiger charge is 2.56. The van der Waals surface area contributed by atoms with Crippen LogP contribution < -0.4 is 16.8 Å². The Morgan fingerprint density at radius 3 is 2.11 bits per heavy atom. The van der Waals surface area contributed by atoms with Crippen molar-refractivity contribution < 1.29 is 19.8 Å². The topological polar surface area (TPSA) is 186 Å². The minimum Gasteiger partial charge on any atom is -0.400 e. The highest BCUT2D eigenvalue weighted by atomic mass is 16.2. The quantitative estimate of drug-likeness (QED) is 0.119. The van der Waals surface area contributed by atoms with Gasteiger partial charge in [0.05, 0.1) is 41.3 Å². The second-order valence-electron chi connectivity index (χ2n) is 15.9. The van der Waals surface area contributed by atoms with Gasteiger partial charge < -0.3 is 41.7 Å². The lowest BCUT2D eigenvalue weighted by atomic mass is 9.97. The summed E-state index contributed by atoms with van der Waals surface area (Å²) in [6.07, 6.45) is 13.5. The number of carbonyl (C=O) groups excluding carboxylic acids is 2. The van der Waals surface area contributed by atoms with Crippen molar-refractivity contribution >= 4 is 24.6 Å². The van der Waals surface area contributed by atoms with Crippen molar-refractivity contribution in [2.45, 2.75) is 101 Å². The highest BCUT2D eigenvalue weighted by molar-refractivity contribution is 5.90. The van der Waals surface area contributed by atoms with Gasteiger partial charge in [-0.05, 0) is 105 Å². The minimum atomic E-state index is -0.619. The molecular formula is C43H62N8O4. The van der Waals surface area contributed by atoms with E-state index < -0.39 is 5.54 Å². The van der Waals surface area contributed by atoms with Crippen LogP contribution in [-0.4, -0.2) is 106 Å². The van der Waals surface area contributed by atoms with Crippen molar-refractivity contribution in [3.63, 3.8) is 0 Å². The van der Waals surface area contributed by atoms with Crippen LogP contribution >= 0.6 is 0 Å². The molecule has 5 fully saturated rings. The number of aldehydes is 1. The number of benzene rings is 2. The van der Waals surface area contributed by atoms with Crippen LogP contribution in [0, 0.1) is 17.8 Å². The van der Waals surface area contributed by atoms with Crippen LogP contribution in [-0.2, 0) is 9.59 Å². The molecule has 2 aliphatic heterocycles. The molecule has 3 saturated carbocycles. The van der Waals surface area contributed by atoms with Crippen molar-refractivity contribution in [1.29, 1.82) is 0 Å². The lowest BCUT2D eigenvalue weighted by Gasteiger charge is -2.37. The van der Waals surface area contributed by atoms with Gasteiger partial charge in [-0.3, -0.25) is 14.7 Å². The first-order valence-corrected chi connectivity index (χ1v) is 19.7. The molecule has 12 nitrogen and oxygen atoms in total. The summed E-state index contributed by atoms with van der Waals surface area (Å²) >= 11 is 0. The van der Waals surface area contributed by atoms with Gasteiger partial charge >= 0.3 is 0 Å². The molecule has 8 N–H and O–H groups in total. The third-order valence-corrected chi connectivity index (χ3v) is 12.3. The fourth-order valence-electron chi connectivity index (χ4n) is 8.91. The molecule has 298 valence electrons. The number of aliphatic hydroxyl groups excluding tert-OH is 2. The highest BCUT2D eigenvalue weighted by Crippen LogP contribution is 2.49. The van der Waals surface area contributed by atoms with E-state index in [0.717, 1.165) is 86.0 Å². The van der Waals surface area contributed by atoms with Crippen LogP contribution in [0.25, 0.3) is 28.1 Å². The summed E-state index contributed by atoms with van der Waals surface area (Å²) in [5.41, 5.74) is 17.5. The Labute approximate surface area is 326 Å². The Balaban J connectivity index is 0.000000472. The lowest BCUT2D eigenvalue weighted by molar-refractivity contribution is -0.137. The molecule has 7 atom stereocenters. The summed E-state index contributed by atoms with van der Waals surface area (Å²) in [5, 5.41) is 17.6. The predicted octanol–water partition coefficient (Wildman–Crippen LogP) is 4.74. The number of aliphatic hydroxyl groups is 2. The van der Waals surface area contributed by atoms with Crippen molar-refractivity contribution in [2.75, 3.05) is 27.8 Å². The molecule has 2 saturated heterocycles. The Bertz CT molecular complexity index is 1750. The first-order chi connectivity index (χ1) is 26.6. The molecule has 3 aliphatic carbocycles. The van der Waals surface area contributed by atoms with E-state index in [2.05, 4.69) is 87.4 Å². The Hall–Kier alpha value is -4.20. The summed E-state index contributed by atoms with van der Waals surface area (Å²) in [7, 11) is 4.25. The number of likely N-dealkylation sites (tertiary alicyclic amines) is 2. The second kappa shape index (κ2) is 18.6. The number of aromatic nitrogens is 2. The Morgan fingerprint density at radius 1 is 0.982 bits per heavy atom. The van der Waals surface area contributed by atoms with Gasteiger partial charge in [-0.25, -0.2) is 4.98 Å². The zero-order chi connectivity index (χ0) is 39.9. The number of imidazole rings is 1. The zero-order valence-electron chi connectivity index (χ0n) is 33.2. The summed E-state index contributed by atoms with van der Waals surface area (Å²) < 4.78 is 0. The third kappa shape index (κ3) is 9.10. The van der Waals surface area contributed by atoms with Gasteiger partial charge in [-0.2, -0.15) is 0 Å². The normalized spacial score (nSPS) is 26.2. The average molecular weight is 755 g/mol. The molecule has 2 aromatic carbocycles. The molecule has 8 rings (SSSR count). The second-order valence-corrected chi connectivity index (χ2v) is 15.9. The predicted molar refractivity (Wildman–Crippen MR) is 220 cm³/mol. The monoisotopic (exact) mass is 754 g/mol. The van der Waals surface area contributed by atoms with Gasteiger partial charge in [0.25, 0.3) is 0 Å². The third-order valence-electron chi connectivity index (χ3n) is 12.3. The molecule has 7 unspecified atom stereocenters. The van der Waals surface area contributed by atoms with Gasteiger partial charge in [0.1, 0.15) is 12.1 Å². The number of hydrogen-bond acceptors (Lipinski definition) is 10. The van der Waals surface area contributed by atoms with Gasteiger partial charge in [0, 0.05) is 39.0 Å². The lowest BCUT2D eigenvalue weighted by Crippen LogP contribution is -2.55. The summed E-state index contributed by atoms with van der Waals surface area (Å²) in [6.45, 7) is 8.23. The number of nitrogens with one attached hydrogen (secondary N) is 2. The zero-order valence-corrected chi connectivity index (χ0v) is 33.2. The summed E-state index contributed by atoms with van der Waals surface area (Å²) in [6, 6.07) is 18.6. The molecule has 3 heterocycles. The van der Waals surface area contributed by atoms with Crippen molar-refractivity contribution in [3.05, 3.63) is 72.3 Å². The first-order valence-electron chi connectivity index (χ1n) is 19.7. The van der Waals surface area contributed by atoms with E-state index in [9.17, 15) is 9.59 Å². The number of nitrogens with zero attached hydrogens (tertiary/aromatic N) is 4. The number of nitrogens with two attached hydrogens (primary N) is 2. The van der Waals surface area contributed by atoms with Crippen LogP contribution in [0.15, 0.2) is 65.9 Å². The maximum absolute atomic E-state index is 13.3. The molecule has 12 heteroatoms. The number of aliphatic imine (C=N–C) groups is 1. The summed E-state index contributed by atoms with van der Waals surface area (Å²) in [5.74, 6) is 2.80. The molecule has 55 heavy (non-hydrogen) atoms. The maximum Gasteiger partial charge on any atom is 0.243 e. The van der Waals surface area contributed by atoms with Crippen molar-refractivity contribution in [2.24, 2.45) is 34.2 Å². The Morgan fingerprint density at radius 2 is 1.56 bits per heavy atom. The molecule has 1 aromatic heterocycles. The molecular weight excluding hydrogens is 693 g/mol. The van der Waals surface area contributed by atoms with Crippen LogP contribution in [0.1, 0.15) is 82.6 Å². The number of hydrogen-bond donors (Lipinski definition) is 6. The van der Waals surface area contributed by atoms with Crippen LogP contribution in [0.5, 0.6) is 0 Å². The number of aromatic amines is 1. The first kappa shape index (κ1) is 42.0. The minimum absolute atomic E-state index is 0.153. The van der Waals surface area contributed by atoms with Gasteiger partial charge in [0.15, 0.2) is 0 Å². The number of H-pyrrole nitrogens is 1. The van der Waals surface area contributed by atoms with Gasteiger partial charge in [-0.15, -0.1) is 0 Å². The largest absolute Gasteiger partial charge is 0.400 e. The SMILES string of the molecule is C=N/C=C(\NCC1C2CCC(C2)N1C(=O)C1(N)CC1)c1ccc(-c2ccc(-c3cnc(C4C5CCC(C5)N4C)[nH]3)cc2)cc1.CC(C)C(N)C=O.CO.CO. The Kier molecular flexibility index (Phi) is 14.2. The molecule has 3 aromatic rings. The van der Waals surface area contributed by atoms with E-state index in [1.807, 2.05) is 20.0 Å². The number of rotatable bonds is 11. The summed E-state index contributed by atoms with van der Waals surface area (Å²) in [4.78, 5) is 40.2. The van der Waals surface area contributed by atoms with Crippen molar-refractivity contribution in [3.8, 4) is 22.4 Å². The van der Waals surface area contributed by atoms with E-state index >= 15 is 0 Å². The van der Waals surface area contributed by atoms with Crippen LogP contribution in [0.3, 0.4) is 0 Å². The van der Waals surface area contributed by atoms with Crippen molar-refractivity contribution in [1.82, 2.24) is 25.1 Å². The fourth-order valence-corrected chi connectivity index (χ4v) is 8.91. The maximum atomic E-state index is 13.3. The molecule has 1 amide bonds. The molecule has 0 spiro atoms. The number of carbonyl (C=O) groups is 2. The number of fused-ring (bicyclic) bond motifs is 4. The molecule has 5 aliphatic rings. The van der Waals surface area contributed by atoms with E-state index in [-0.39, 0.29) is 23.9 Å². The number of amides is 1. The average Bonchev–Trinajstić information content (AvgIpc) is 3.83. The fraction of sp³-hybridized carbons (Fsp3) is 0.535. The van der Waals surface area contributed by atoms with Gasteiger partial charge in [0.2, 0.25) is 5.91 Å². The van der Waals surface area contributed by atoms with Gasteiger partial charge in [-0.1, -0.05) is 62.4 Å². The van der Waals surface area contributed by atoms with E-state index in [4.69, 9.17) is 26.7 Å². The van der Waals surface area contributed by atoms with E-state index in [1.165, 1.54) is 31.2 Å². The number of piperidine rings is 2.